The summed E-state index contributed by atoms with van der Waals surface area (Å²) in [6.07, 6.45) is 3.79. The zero-order valence-electron chi connectivity index (χ0n) is 13.6. The van der Waals surface area contributed by atoms with E-state index in [1.54, 1.807) is 18.4 Å². The van der Waals surface area contributed by atoms with Crippen LogP contribution in [0.4, 0.5) is 0 Å². The summed E-state index contributed by atoms with van der Waals surface area (Å²) >= 11 is 1.54. The highest BCUT2D eigenvalue weighted by Crippen LogP contribution is 2.27. The first-order valence-electron chi connectivity index (χ1n) is 7.80. The molecule has 1 aromatic carbocycles. The number of benzene rings is 1. The van der Waals surface area contributed by atoms with Gasteiger partial charge in [-0.3, -0.25) is 4.98 Å². The number of nitrogens with one attached hydrogen (secondary N) is 1. The molecule has 0 radical (unpaired) electrons. The molecule has 1 N–H and O–H groups in total. The molecule has 0 saturated heterocycles. The average molecular weight is 340 g/mol. The van der Waals surface area contributed by atoms with E-state index in [0.29, 0.717) is 6.61 Å². The Morgan fingerprint density at radius 1 is 1.08 bits per heavy atom. The number of aromatic nitrogens is 1. The Balaban J connectivity index is 1.45. The highest BCUT2D eigenvalue weighted by Gasteiger charge is 2.01. The zero-order chi connectivity index (χ0) is 16.6. The van der Waals surface area contributed by atoms with E-state index in [1.807, 2.05) is 42.0 Å². The van der Waals surface area contributed by atoms with Crippen molar-refractivity contribution in [2.75, 3.05) is 20.3 Å². The molecular weight excluding hydrogens is 320 g/mol. The van der Waals surface area contributed by atoms with Gasteiger partial charge in [0, 0.05) is 42.5 Å². The molecule has 5 heteroatoms. The summed E-state index contributed by atoms with van der Waals surface area (Å²) in [7, 11) is 1.66. The van der Waals surface area contributed by atoms with Gasteiger partial charge in [-0.2, -0.15) is 0 Å². The van der Waals surface area contributed by atoms with Gasteiger partial charge in [-0.1, -0.05) is 30.3 Å². The van der Waals surface area contributed by atoms with Gasteiger partial charge in [-0.25, -0.2) is 0 Å². The van der Waals surface area contributed by atoms with Crippen LogP contribution in [0.3, 0.4) is 0 Å². The molecule has 0 saturated carbocycles. The monoisotopic (exact) mass is 340 g/mol. The summed E-state index contributed by atoms with van der Waals surface area (Å²) < 4.78 is 10.8. The summed E-state index contributed by atoms with van der Waals surface area (Å²) in [5.74, 6) is 0.840. The van der Waals surface area contributed by atoms with Crippen molar-refractivity contribution in [1.29, 1.82) is 0 Å². The van der Waals surface area contributed by atoms with Crippen LogP contribution < -0.4 is 14.8 Å². The van der Waals surface area contributed by atoms with E-state index in [-0.39, 0.29) is 0 Å². The highest BCUT2D eigenvalue weighted by atomic mass is 32.1. The first-order valence-corrected chi connectivity index (χ1v) is 8.68. The van der Waals surface area contributed by atoms with Crippen molar-refractivity contribution in [3.8, 4) is 21.9 Å². The van der Waals surface area contributed by atoms with Crippen molar-refractivity contribution >= 4 is 11.3 Å². The van der Waals surface area contributed by atoms with Crippen LogP contribution in [-0.4, -0.2) is 25.2 Å². The summed E-state index contributed by atoms with van der Waals surface area (Å²) in [6.45, 7) is 2.16. The molecule has 2 heterocycles. The van der Waals surface area contributed by atoms with Crippen LogP contribution >= 0.6 is 11.3 Å². The smallest absolute Gasteiger partial charge is 0.177 e. The van der Waals surface area contributed by atoms with Crippen LogP contribution in [0.25, 0.3) is 11.1 Å². The number of methoxy groups -OCH3 is 1. The van der Waals surface area contributed by atoms with Crippen molar-refractivity contribution in [1.82, 2.24) is 10.3 Å². The molecule has 3 aromatic rings. The summed E-state index contributed by atoms with van der Waals surface area (Å²) in [4.78, 5) is 4.34. The van der Waals surface area contributed by atoms with Gasteiger partial charge in [0.1, 0.15) is 12.4 Å². The maximum Gasteiger partial charge on any atom is 0.177 e. The molecule has 0 aliphatic rings. The third-order valence-electron chi connectivity index (χ3n) is 3.54. The average Bonchev–Trinajstić information content (AvgIpc) is 3.10. The van der Waals surface area contributed by atoms with E-state index in [2.05, 4.69) is 28.5 Å². The van der Waals surface area contributed by atoms with Crippen LogP contribution in [0.15, 0.2) is 60.2 Å². The Morgan fingerprint density at radius 3 is 2.75 bits per heavy atom. The SMILES string of the molecule is COc1csc(OCCNCc2cncc(-c3ccccc3)c2)c1. The van der Waals surface area contributed by atoms with Crippen LogP contribution in [-0.2, 0) is 6.54 Å². The normalized spacial score (nSPS) is 10.5. The predicted octanol–water partition coefficient (Wildman–Crippen LogP) is 3.99. The van der Waals surface area contributed by atoms with Gasteiger partial charge in [0.05, 0.1) is 7.11 Å². The molecule has 0 atom stereocenters. The minimum atomic E-state index is 0.621. The van der Waals surface area contributed by atoms with Gasteiger partial charge in [0.25, 0.3) is 0 Å². The minimum absolute atomic E-state index is 0.621. The Bertz CT molecular complexity index is 759. The highest BCUT2D eigenvalue weighted by molar-refractivity contribution is 7.12. The second-order valence-corrected chi connectivity index (χ2v) is 6.15. The lowest BCUT2D eigenvalue weighted by Gasteiger charge is -2.07. The lowest BCUT2D eigenvalue weighted by molar-refractivity contribution is 0.320. The van der Waals surface area contributed by atoms with Crippen LogP contribution in [0.5, 0.6) is 10.8 Å². The van der Waals surface area contributed by atoms with Crippen LogP contribution in [0.1, 0.15) is 5.56 Å². The molecule has 24 heavy (non-hydrogen) atoms. The molecule has 4 nitrogen and oxygen atoms in total. The molecule has 0 spiro atoms. The van der Waals surface area contributed by atoms with Crippen molar-refractivity contribution in [2.24, 2.45) is 0 Å². The van der Waals surface area contributed by atoms with Gasteiger partial charge in [-0.05, 0) is 17.2 Å². The van der Waals surface area contributed by atoms with Gasteiger partial charge in [-0.15, -0.1) is 11.3 Å². The maximum atomic E-state index is 5.68. The first kappa shape index (κ1) is 16.5. The van der Waals surface area contributed by atoms with Crippen molar-refractivity contribution < 1.29 is 9.47 Å². The number of thiophene rings is 1. The molecule has 0 fully saturated rings. The second-order valence-electron chi connectivity index (χ2n) is 5.28. The Kier molecular flexibility index (Phi) is 5.82. The standard InChI is InChI=1S/C19H20N2O2S/c1-22-18-10-19(24-14-18)23-8-7-20-11-15-9-17(13-21-12-15)16-5-3-2-4-6-16/h2-6,9-10,12-14,20H,7-8,11H2,1H3. The molecule has 3 rings (SSSR count). The van der Waals surface area contributed by atoms with Gasteiger partial charge in [0.2, 0.25) is 0 Å². The molecule has 124 valence electrons. The van der Waals surface area contributed by atoms with E-state index in [1.165, 1.54) is 5.56 Å². The fourth-order valence-electron chi connectivity index (χ4n) is 2.31. The fraction of sp³-hybridized carbons (Fsp3) is 0.211. The number of rotatable bonds is 8. The number of ether oxygens (including phenoxy) is 2. The summed E-state index contributed by atoms with van der Waals surface area (Å²) in [5, 5.41) is 6.19. The number of hydrogen-bond acceptors (Lipinski definition) is 5. The summed E-state index contributed by atoms with van der Waals surface area (Å²) in [5.41, 5.74) is 3.48. The van der Waals surface area contributed by atoms with E-state index in [4.69, 9.17) is 9.47 Å². The molecule has 0 amide bonds. The minimum Gasteiger partial charge on any atom is -0.496 e. The molecule has 0 aliphatic heterocycles. The fourth-order valence-corrected chi connectivity index (χ4v) is 3.04. The molecule has 0 bridgehead atoms. The quantitative estimate of drug-likeness (QED) is 0.630. The Hall–Kier alpha value is -2.37. The first-order chi connectivity index (χ1) is 11.8. The predicted molar refractivity (Wildman–Crippen MR) is 97.7 cm³/mol. The molecule has 0 unspecified atom stereocenters. The molecule has 2 aromatic heterocycles. The Morgan fingerprint density at radius 2 is 1.96 bits per heavy atom. The van der Waals surface area contributed by atoms with Gasteiger partial charge < -0.3 is 14.8 Å². The number of nitrogens with zero attached hydrogens (tertiary/aromatic N) is 1. The maximum absolute atomic E-state index is 5.68. The van der Waals surface area contributed by atoms with E-state index < -0.39 is 0 Å². The van der Waals surface area contributed by atoms with Gasteiger partial charge in [0.15, 0.2) is 5.06 Å². The number of hydrogen-bond donors (Lipinski definition) is 1. The summed E-state index contributed by atoms with van der Waals surface area (Å²) in [6, 6.07) is 14.4. The zero-order valence-corrected chi connectivity index (χ0v) is 14.4. The Labute approximate surface area is 146 Å². The van der Waals surface area contributed by atoms with Crippen molar-refractivity contribution in [3.63, 3.8) is 0 Å². The number of pyridine rings is 1. The van der Waals surface area contributed by atoms with Crippen LogP contribution in [0.2, 0.25) is 0 Å². The van der Waals surface area contributed by atoms with E-state index >= 15 is 0 Å². The largest absolute Gasteiger partial charge is 0.496 e. The molecule has 0 aliphatic carbocycles. The van der Waals surface area contributed by atoms with Crippen molar-refractivity contribution in [2.45, 2.75) is 6.54 Å². The third-order valence-corrected chi connectivity index (χ3v) is 4.36. The third kappa shape index (κ3) is 4.57. The second kappa shape index (κ2) is 8.47. The van der Waals surface area contributed by atoms with Crippen LogP contribution in [0, 0.1) is 0 Å². The lowest BCUT2D eigenvalue weighted by Crippen LogP contribution is -2.20. The van der Waals surface area contributed by atoms with Gasteiger partial charge >= 0.3 is 0 Å². The van der Waals surface area contributed by atoms with E-state index in [9.17, 15) is 0 Å². The molecular formula is C19H20N2O2S. The topological polar surface area (TPSA) is 43.4 Å². The lowest BCUT2D eigenvalue weighted by atomic mass is 10.1. The van der Waals surface area contributed by atoms with Crippen molar-refractivity contribution in [3.05, 3.63) is 65.8 Å². The van der Waals surface area contributed by atoms with E-state index in [0.717, 1.165) is 35.0 Å².